The summed E-state index contributed by atoms with van der Waals surface area (Å²) < 4.78 is 0. The second-order valence-electron chi connectivity index (χ2n) is 4.56. The normalized spacial score (nSPS) is 19.4. The highest BCUT2D eigenvalue weighted by atomic mass is 35.5. The average Bonchev–Trinajstić information content (AvgIpc) is 2.39. The molecule has 1 aliphatic rings. The van der Waals surface area contributed by atoms with Crippen LogP contribution in [0.5, 0.6) is 0 Å². The molecule has 1 fully saturated rings. The SMILES string of the molecule is CC(CN)N1CCN(c2ccccc2Cl)CC1. The first kappa shape index (κ1) is 12.7. The quantitative estimate of drug-likeness (QED) is 0.892. The third-order valence-corrected chi connectivity index (χ3v) is 3.79. The lowest BCUT2D eigenvalue weighted by Gasteiger charge is -2.39. The van der Waals surface area contributed by atoms with Gasteiger partial charge in [0, 0.05) is 38.8 Å². The van der Waals surface area contributed by atoms with Crippen LogP contribution in [-0.2, 0) is 0 Å². The van der Waals surface area contributed by atoms with Gasteiger partial charge in [-0.05, 0) is 19.1 Å². The number of rotatable bonds is 3. The summed E-state index contributed by atoms with van der Waals surface area (Å²) >= 11 is 6.21. The van der Waals surface area contributed by atoms with E-state index in [-0.39, 0.29) is 0 Å². The number of hydrogen-bond acceptors (Lipinski definition) is 3. The van der Waals surface area contributed by atoms with Crippen molar-refractivity contribution < 1.29 is 0 Å². The second kappa shape index (κ2) is 5.71. The summed E-state index contributed by atoms with van der Waals surface area (Å²) in [5, 5.41) is 0.841. The number of para-hydroxylation sites is 1. The van der Waals surface area contributed by atoms with Crippen molar-refractivity contribution in [3.8, 4) is 0 Å². The van der Waals surface area contributed by atoms with Gasteiger partial charge in [0.25, 0.3) is 0 Å². The zero-order chi connectivity index (χ0) is 12.3. The van der Waals surface area contributed by atoms with Gasteiger partial charge in [-0.1, -0.05) is 23.7 Å². The Morgan fingerprint density at radius 1 is 1.24 bits per heavy atom. The van der Waals surface area contributed by atoms with Crippen LogP contribution in [0, 0.1) is 0 Å². The van der Waals surface area contributed by atoms with Crippen LogP contribution in [0.15, 0.2) is 24.3 Å². The van der Waals surface area contributed by atoms with Crippen molar-refractivity contribution in [2.45, 2.75) is 13.0 Å². The first-order chi connectivity index (χ1) is 8.22. The van der Waals surface area contributed by atoms with Crippen molar-refractivity contribution in [1.82, 2.24) is 4.90 Å². The summed E-state index contributed by atoms with van der Waals surface area (Å²) in [7, 11) is 0. The fourth-order valence-corrected chi connectivity index (χ4v) is 2.52. The van der Waals surface area contributed by atoms with Crippen LogP contribution in [0.3, 0.4) is 0 Å². The van der Waals surface area contributed by atoms with Crippen LogP contribution >= 0.6 is 11.6 Å². The first-order valence-electron chi connectivity index (χ1n) is 6.16. The third-order valence-electron chi connectivity index (χ3n) is 3.47. The molecule has 1 heterocycles. The Morgan fingerprint density at radius 2 is 1.88 bits per heavy atom. The molecule has 1 aromatic rings. The van der Waals surface area contributed by atoms with E-state index >= 15 is 0 Å². The molecule has 1 unspecified atom stereocenters. The lowest BCUT2D eigenvalue weighted by Crippen LogP contribution is -2.51. The van der Waals surface area contributed by atoms with Gasteiger partial charge in [-0.2, -0.15) is 0 Å². The predicted molar refractivity (Wildman–Crippen MR) is 73.8 cm³/mol. The number of anilines is 1. The highest BCUT2D eigenvalue weighted by Crippen LogP contribution is 2.26. The number of benzene rings is 1. The van der Waals surface area contributed by atoms with Crippen LogP contribution in [0.1, 0.15) is 6.92 Å². The number of nitrogens with zero attached hydrogens (tertiary/aromatic N) is 2. The van der Waals surface area contributed by atoms with E-state index in [0.717, 1.165) is 43.4 Å². The van der Waals surface area contributed by atoms with E-state index < -0.39 is 0 Å². The maximum atomic E-state index is 6.21. The third kappa shape index (κ3) is 2.92. The minimum atomic E-state index is 0.475. The molecule has 0 bridgehead atoms. The topological polar surface area (TPSA) is 32.5 Å². The fourth-order valence-electron chi connectivity index (χ4n) is 2.26. The molecule has 94 valence electrons. The maximum Gasteiger partial charge on any atom is 0.0639 e. The molecular weight excluding hydrogens is 234 g/mol. The smallest absolute Gasteiger partial charge is 0.0639 e. The van der Waals surface area contributed by atoms with Crippen molar-refractivity contribution in [3.63, 3.8) is 0 Å². The first-order valence-corrected chi connectivity index (χ1v) is 6.53. The zero-order valence-corrected chi connectivity index (χ0v) is 11.0. The lowest BCUT2D eigenvalue weighted by atomic mass is 10.2. The number of piperazine rings is 1. The van der Waals surface area contributed by atoms with Crippen molar-refractivity contribution >= 4 is 17.3 Å². The number of nitrogens with two attached hydrogens (primary N) is 1. The zero-order valence-electron chi connectivity index (χ0n) is 10.3. The summed E-state index contributed by atoms with van der Waals surface area (Å²) in [6.07, 6.45) is 0. The standard InChI is InChI=1S/C13H20ClN3/c1-11(10-15)16-6-8-17(9-7-16)13-5-3-2-4-12(13)14/h2-5,11H,6-10,15H2,1H3. The summed E-state index contributed by atoms with van der Waals surface area (Å²) in [6, 6.07) is 8.52. The monoisotopic (exact) mass is 253 g/mol. The number of halogens is 1. The molecule has 0 radical (unpaired) electrons. The second-order valence-corrected chi connectivity index (χ2v) is 4.97. The molecule has 2 N–H and O–H groups in total. The van der Waals surface area contributed by atoms with E-state index in [1.54, 1.807) is 0 Å². The van der Waals surface area contributed by atoms with Gasteiger partial charge in [-0.15, -0.1) is 0 Å². The van der Waals surface area contributed by atoms with Gasteiger partial charge < -0.3 is 10.6 Å². The van der Waals surface area contributed by atoms with E-state index in [0.29, 0.717) is 6.04 Å². The highest BCUT2D eigenvalue weighted by Gasteiger charge is 2.21. The molecule has 0 saturated carbocycles. The van der Waals surface area contributed by atoms with Crippen LogP contribution in [-0.4, -0.2) is 43.7 Å². The Labute approximate surface area is 108 Å². The van der Waals surface area contributed by atoms with Crippen molar-refractivity contribution in [1.29, 1.82) is 0 Å². The molecule has 3 nitrogen and oxygen atoms in total. The van der Waals surface area contributed by atoms with E-state index in [1.807, 2.05) is 18.2 Å². The molecule has 1 aliphatic heterocycles. The van der Waals surface area contributed by atoms with Crippen LogP contribution in [0.25, 0.3) is 0 Å². The van der Waals surface area contributed by atoms with Crippen LogP contribution < -0.4 is 10.6 Å². The van der Waals surface area contributed by atoms with Gasteiger partial charge in [-0.25, -0.2) is 0 Å². The fraction of sp³-hybridized carbons (Fsp3) is 0.538. The van der Waals surface area contributed by atoms with Crippen LogP contribution in [0.2, 0.25) is 5.02 Å². The van der Waals surface area contributed by atoms with Crippen molar-refractivity contribution in [2.75, 3.05) is 37.6 Å². The Hall–Kier alpha value is -0.770. The van der Waals surface area contributed by atoms with E-state index in [9.17, 15) is 0 Å². The maximum absolute atomic E-state index is 6.21. The molecule has 1 aromatic carbocycles. The Kier molecular flexibility index (Phi) is 4.26. The van der Waals surface area contributed by atoms with Gasteiger partial charge in [0.15, 0.2) is 0 Å². The average molecular weight is 254 g/mol. The van der Waals surface area contributed by atoms with E-state index in [4.69, 9.17) is 17.3 Å². The molecular formula is C13H20ClN3. The molecule has 1 atom stereocenters. The minimum Gasteiger partial charge on any atom is -0.368 e. The largest absolute Gasteiger partial charge is 0.368 e. The van der Waals surface area contributed by atoms with Crippen LogP contribution in [0.4, 0.5) is 5.69 Å². The molecule has 4 heteroatoms. The molecule has 2 rings (SSSR count). The molecule has 0 aromatic heterocycles. The van der Waals surface area contributed by atoms with E-state index in [2.05, 4.69) is 22.8 Å². The van der Waals surface area contributed by atoms with Crippen molar-refractivity contribution in [2.24, 2.45) is 5.73 Å². The lowest BCUT2D eigenvalue weighted by molar-refractivity contribution is 0.201. The Bertz CT molecular complexity index is 361. The molecule has 0 aliphatic carbocycles. The minimum absolute atomic E-state index is 0.475. The molecule has 0 spiro atoms. The van der Waals surface area contributed by atoms with Gasteiger partial charge in [0.2, 0.25) is 0 Å². The van der Waals surface area contributed by atoms with E-state index in [1.165, 1.54) is 0 Å². The summed E-state index contributed by atoms with van der Waals surface area (Å²) in [4.78, 5) is 4.79. The van der Waals surface area contributed by atoms with Gasteiger partial charge in [-0.3, -0.25) is 4.90 Å². The van der Waals surface area contributed by atoms with Crippen molar-refractivity contribution in [3.05, 3.63) is 29.3 Å². The molecule has 1 saturated heterocycles. The predicted octanol–water partition coefficient (Wildman–Crippen LogP) is 1.81. The Balaban J connectivity index is 1.98. The number of hydrogen-bond donors (Lipinski definition) is 1. The Morgan fingerprint density at radius 3 is 2.47 bits per heavy atom. The molecule has 0 amide bonds. The summed E-state index contributed by atoms with van der Waals surface area (Å²) in [5.41, 5.74) is 6.84. The highest BCUT2D eigenvalue weighted by molar-refractivity contribution is 6.33. The molecule has 17 heavy (non-hydrogen) atoms. The summed E-state index contributed by atoms with van der Waals surface area (Å²) in [6.45, 7) is 7.08. The van der Waals surface area contributed by atoms with Gasteiger partial charge in [0.1, 0.15) is 0 Å². The van der Waals surface area contributed by atoms with Gasteiger partial charge >= 0.3 is 0 Å². The van der Waals surface area contributed by atoms with Gasteiger partial charge in [0.05, 0.1) is 10.7 Å². The summed E-state index contributed by atoms with van der Waals surface area (Å²) in [5.74, 6) is 0.